The number of nitrogens with zero attached hydrogens (tertiary/aromatic N) is 3. The molecule has 0 saturated carbocycles. The van der Waals surface area contributed by atoms with Crippen LogP contribution in [0.5, 0.6) is 0 Å². The van der Waals surface area contributed by atoms with E-state index in [4.69, 9.17) is 4.74 Å². The SMILES string of the molecule is C1CCN(C2CCN(C3CNCCC3CN3CCOCC3)C2)C1. The second-order valence-corrected chi connectivity index (χ2v) is 7.91. The number of likely N-dealkylation sites (tertiary alicyclic amines) is 2. The Balaban J connectivity index is 1.33. The predicted molar refractivity (Wildman–Crippen MR) is 92.8 cm³/mol. The lowest BCUT2D eigenvalue weighted by Crippen LogP contribution is -2.54. The zero-order chi connectivity index (χ0) is 15.5. The Morgan fingerprint density at radius 2 is 1.74 bits per heavy atom. The van der Waals surface area contributed by atoms with Gasteiger partial charge < -0.3 is 10.1 Å². The first kappa shape index (κ1) is 16.3. The predicted octanol–water partition coefficient (Wildman–Crippen LogP) is 0.467. The molecule has 0 aliphatic carbocycles. The summed E-state index contributed by atoms with van der Waals surface area (Å²) in [6.07, 6.45) is 5.57. The van der Waals surface area contributed by atoms with Crippen molar-refractivity contribution in [1.29, 1.82) is 0 Å². The summed E-state index contributed by atoms with van der Waals surface area (Å²) in [4.78, 5) is 8.22. The fourth-order valence-corrected chi connectivity index (χ4v) is 5.13. The maximum atomic E-state index is 5.52. The molecular formula is C18H34N4O. The molecule has 4 aliphatic rings. The Kier molecular flexibility index (Phi) is 5.51. The number of piperidine rings is 1. The average molecular weight is 322 g/mol. The molecule has 4 rings (SSSR count). The topological polar surface area (TPSA) is 31.0 Å². The summed E-state index contributed by atoms with van der Waals surface area (Å²) < 4.78 is 5.52. The molecule has 0 aromatic carbocycles. The van der Waals surface area contributed by atoms with Crippen molar-refractivity contribution in [3.05, 3.63) is 0 Å². The summed E-state index contributed by atoms with van der Waals surface area (Å²) in [5.74, 6) is 0.840. The van der Waals surface area contributed by atoms with Crippen LogP contribution in [-0.2, 0) is 4.74 Å². The minimum absolute atomic E-state index is 0.749. The highest BCUT2D eigenvalue weighted by molar-refractivity contribution is 4.94. The van der Waals surface area contributed by atoms with Crippen LogP contribution in [0.25, 0.3) is 0 Å². The van der Waals surface area contributed by atoms with Gasteiger partial charge in [-0.1, -0.05) is 0 Å². The Bertz CT molecular complexity index is 368. The van der Waals surface area contributed by atoms with E-state index in [1.807, 2.05) is 0 Å². The second kappa shape index (κ2) is 7.79. The molecule has 0 amide bonds. The van der Waals surface area contributed by atoms with Gasteiger partial charge in [0.25, 0.3) is 0 Å². The number of rotatable bonds is 4. The summed E-state index contributed by atoms with van der Waals surface area (Å²) in [6, 6.07) is 1.59. The van der Waals surface area contributed by atoms with Gasteiger partial charge in [0.1, 0.15) is 0 Å². The Hall–Kier alpha value is -0.200. The highest BCUT2D eigenvalue weighted by Crippen LogP contribution is 2.27. The van der Waals surface area contributed by atoms with E-state index in [0.717, 1.165) is 44.3 Å². The van der Waals surface area contributed by atoms with E-state index in [0.29, 0.717) is 0 Å². The van der Waals surface area contributed by atoms with Crippen molar-refractivity contribution in [1.82, 2.24) is 20.0 Å². The third-order valence-electron chi connectivity index (χ3n) is 6.51. The molecule has 0 bridgehead atoms. The highest BCUT2D eigenvalue weighted by atomic mass is 16.5. The zero-order valence-corrected chi connectivity index (χ0v) is 14.6. The van der Waals surface area contributed by atoms with Crippen LogP contribution in [0.2, 0.25) is 0 Å². The molecular weight excluding hydrogens is 288 g/mol. The number of nitrogens with one attached hydrogen (secondary N) is 1. The molecule has 0 radical (unpaired) electrons. The van der Waals surface area contributed by atoms with E-state index < -0.39 is 0 Å². The maximum absolute atomic E-state index is 5.52. The van der Waals surface area contributed by atoms with E-state index in [1.54, 1.807) is 0 Å². The number of ether oxygens (including phenoxy) is 1. The summed E-state index contributed by atoms with van der Waals surface area (Å²) in [5, 5.41) is 3.66. The second-order valence-electron chi connectivity index (χ2n) is 7.91. The van der Waals surface area contributed by atoms with Crippen LogP contribution in [0, 0.1) is 5.92 Å². The lowest BCUT2D eigenvalue weighted by molar-refractivity contribution is 0.0164. The van der Waals surface area contributed by atoms with Gasteiger partial charge in [0.2, 0.25) is 0 Å². The van der Waals surface area contributed by atoms with Crippen molar-refractivity contribution in [2.75, 3.05) is 72.1 Å². The third kappa shape index (κ3) is 3.90. The lowest BCUT2D eigenvalue weighted by atomic mass is 9.91. The molecule has 0 spiro atoms. The van der Waals surface area contributed by atoms with Crippen molar-refractivity contribution in [3.63, 3.8) is 0 Å². The fourth-order valence-electron chi connectivity index (χ4n) is 5.13. The molecule has 5 nitrogen and oxygen atoms in total. The van der Waals surface area contributed by atoms with Crippen molar-refractivity contribution in [2.24, 2.45) is 5.92 Å². The number of morpholine rings is 1. The van der Waals surface area contributed by atoms with Crippen LogP contribution in [0.15, 0.2) is 0 Å². The minimum Gasteiger partial charge on any atom is -0.379 e. The number of hydrogen-bond donors (Lipinski definition) is 1. The van der Waals surface area contributed by atoms with Gasteiger partial charge in [-0.3, -0.25) is 14.7 Å². The van der Waals surface area contributed by atoms with Gasteiger partial charge in [-0.05, 0) is 51.2 Å². The Morgan fingerprint density at radius 1 is 0.913 bits per heavy atom. The molecule has 0 aromatic rings. The highest BCUT2D eigenvalue weighted by Gasteiger charge is 2.37. The van der Waals surface area contributed by atoms with Crippen LogP contribution in [0.3, 0.4) is 0 Å². The van der Waals surface area contributed by atoms with E-state index in [1.165, 1.54) is 71.5 Å². The van der Waals surface area contributed by atoms with Gasteiger partial charge >= 0.3 is 0 Å². The molecule has 4 aliphatic heterocycles. The largest absolute Gasteiger partial charge is 0.379 e. The van der Waals surface area contributed by atoms with Crippen molar-refractivity contribution >= 4 is 0 Å². The Labute approximate surface area is 141 Å². The van der Waals surface area contributed by atoms with Gasteiger partial charge in [-0.15, -0.1) is 0 Å². The van der Waals surface area contributed by atoms with Crippen LogP contribution in [0.4, 0.5) is 0 Å². The molecule has 3 atom stereocenters. The molecule has 1 N–H and O–H groups in total. The standard InChI is InChI=1S/C18H34N4O/c1-2-7-21(6-1)17-4-8-22(15-17)18-13-19-5-3-16(18)14-20-9-11-23-12-10-20/h16-19H,1-15H2. The van der Waals surface area contributed by atoms with Gasteiger partial charge in [0.05, 0.1) is 13.2 Å². The minimum atomic E-state index is 0.749. The first-order chi connectivity index (χ1) is 11.4. The molecule has 23 heavy (non-hydrogen) atoms. The van der Waals surface area contributed by atoms with Crippen molar-refractivity contribution in [2.45, 2.75) is 37.8 Å². The summed E-state index contributed by atoms with van der Waals surface area (Å²) >= 11 is 0. The number of hydrogen-bond acceptors (Lipinski definition) is 5. The van der Waals surface area contributed by atoms with Crippen LogP contribution in [-0.4, -0.2) is 98.9 Å². The van der Waals surface area contributed by atoms with E-state index in [-0.39, 0.29) is 0 Å². The van der Waals surface area contributed by atoms with Crippen molar-refractivity contribution in [3.8, 4) is 0 Å². The molecule has 4 fully saturated rings. The van der Waals surface area contributed by atoms with Gasteiger partial charge in [0, 0.05) is 51.4 Å². The van der Waals surface area contributed by atoms with E-state index in [9.17, 15) is 0 Å². The molecule has 4 saturated heterocycles. The molecule has 3 unspecified atom stereocenters. The van der Waals surface area contributed by atoms with Gasteiger partial charge in [0.15, 0.2) is 0 Å². The molecule has 4 heterocycles. The van der Waals surface area contributed by atoms with Crippen LogP contribution >= 0.6 is 0 Å². The molecule has 5 heteroatoms. The average Bonchev–Trinajstić information content (AvgIpc) is 3.28. The third-order valence-corrected chi connectivity index (χ3v) is 6.51. The van der Waals surface area contributed by atoms with E-state index in [2.05, 4.69) is 20.0 Å². The first-order valence-corrected chi connectivity index (χ1v) is 9.89. The first-order valence-electron chi connectivity index (χ1n) is 9.89. The Morgan fingerprint density at radius 3 is 2.57 bits per heavy atom. The summed E-state index contributed by atoms with van der Waals surface area (Å²) in [6.45, 7) is 13.1. The normalized spacial score (nSPS) is 38.3. The summed E-state index contributed by atoms with van der Waals surface area (Å²) in [5.41, 5.74) is 0. The monoisotopic (exact) mass is 322 g/mol. The van der Waals surface area contributed by atoms with Crippen molar-refractivity contribution < 1.29 is 4.74 Å². The van der Waals surface area contributed by atoms with Gasteiger partial charge in [-0.25, -0.2) is 0 Å². The molecule has 132 valence electrons. The maximum Gasteiger partial charge on any atom is 0.0594 e. The quantitative estimate of drug-likeness (QED) is 0.813. The summed E-state index contributed by atoms with van der Waals surface area (Å²) in [7, 11) is 0. The fraction of sp³-hybridized carbons (Fsp3) is 1.00. The zero-order valence-electron chi connectivity index (χ0n) is 14.6. The molecule has 0 aromatic heterocycles. The van der Waals surface area contributed by atoms with Crippen LogP contribution in [0.1, 0.15) is 25.7 Å². The van der Waals surface area contributed by atoms with Gasteiger partial charge in [-0.2, -0.15) is 0 Å². The van der Waals surface area contributed by atoms with Crippen LogP contribution < -0.4 is 5.32 Å². The van der Waals surface area contributed by atoms with E-state index >= 15 is 0 Å². The lowest BCUT2D eigenvalue weighted by Gasteiger charge is -2.41. The smallest absolute Gasteiger partial charge is 0.0594 e.